The van der Waals surface area contributed by atoms with Crippen molar-refractivity contribution in [2.75, 3.05) is 25.7 Å². The predicted molar refractivity (Wildman–Crippen MR) is 134 cm³/mol. The number of unbranched alkanes of at least 4 members (excludes halogenated alkanes) is 9. The molecular weight excluding hydrogens is 404 g/mol. The van der Waals surface area contributed by atoms with Crippen LogP contribution in [0.2, 0.25) is 0 Å². The standard InChI is InChI=1S/C27H40O3S/c1-22(23-14-15-25-21-26(29-2)17-16-24(25)20-23)27(28)30-18-12-10-8-6-4-5-7-9-11-13-19-31-3/h14-17,20-22H,4-13,18-19H2,1-3H3/t22-/m0/s1. The number of hydrogen-bond donors (Lipinski definition) is 0. The molecule has 0 bridgehead atoms. The molecule has 0 amide bonds. The molecule has 0 fully saturated rings. The monoisotopic (exact) mass is 444 g/mol. The van der Waals surface area contributed by atoms with Crippen LogP contribution in [0.1, 0.15) is 82.6 Å². The van der Waals surface area contributed by atoms with E-state index in [1.54, 1.807) is 7.11 Å². The first-order valence-corrected chi connectivity index (χ1v) is 13.3. The van der Waals surface area contributed by atoms with Crippen molar-refractivity contribution in [2.45, 2.75) is 77.0 Å². The minimum Gasteiger partial charge on any atom is -0.497 e. The molecule has 2 aromatic carbocycles. The Morgan fingerprint density at radius 3 is 2.06 bits per heavy atom. The summed E-state index contributed by atoms with van der Waals surface area (Å²) in [6, 6.07) is 12.1. The quantitative estimate of drug-likeness (QED) is 0.196. The summed E-state index contributed by atoms with van der Waals surface area (Å²) in [6.07, 6.45) is 15.1. The molecule has 172 valence electrons. The topological polar surface area (TPSA) is 35.5 Å². The summed E-state index contributed by atoms with van der Waals surface area (Å²) in [5.74, 6) is 1.77. The van der Waals surface area contributed by atoms with Gasteiger partial charge in [0, 0.05) is 0 Å². The van der Waals surface area contributed by atoms with Gasteiger partial charge >= 0.3 is 5.97 Å². The molecule has 0 heterocycles. The van der Waals surface area contributed by atoms with E-state index in [0.29, 0.717) is 6.61 Å². The third-order valence-electron chi connectivity index (χ3n) is 5.91. The van der Waals surface area contributed by atoms with Gasteiger partial charge in [0.05, 0.1) is 19.6 Å². The maximum absolute atomic E-state index is 12.4. The van der Waals surface area contributed by atoms with Crippen LogP contribution in [0.15, 0.2) is 36.4 Å². The van der Waals surface area contributed by atoms with Crippen LogP contribution in [0.25, 0.3) is 10.8 Å². The van der Waals surface area contributed by atoms with Gasteiger partial charge in [0.15, 0.2) is 0 Å². The van der Waals surface area contributed by atoms with E-state index in [0.717, 1.165) is 34.9 Å². The van der Waals surface area contributed by atoms with Crippen LogP contribution in [0.4, 0.5) is 0 Å². The highest BCUT2D eigenvalue weighted by Gasteiger charge is 2.17. The highest BCUT2D eigenvalue weighted by molar-refractivity contribution is 7.98. The average molecular weight is 445 g/mol. The summed E-state index contributed by atoms with van der Waals surface area (Å²) in [5, 5.41) is 2.22. The fourth-order valence-corrected chi connectivity index (χ4v) is 4.33. The molecule has 3 nitrogen and oxygen atoms in total. The van der Waals surface area contributed by atoms with Crippen molar-refractivity contribution in [2.24, 2.45) is 0 Å². The third kappa shape index (κ3) is 9.55. The largest absolute Gasteiger partial charge is 0.497 e. The number of benzene rings is 2. The predicted octanol–water partition coefficient (Wildman–Crippen LogP) is 7.76. The second kappa shape index (κ2) is 15.2. The van der Waals surface area contributed by atoms with E-state index >= 15 is 0 Å². The number of esters is 1. The first-order chi connectivity index (χ1) is 15.2. The zero-order chi connectivity index (χ0) is 22.3. The van der Waals surface area contributed by atoms with Gasteiger partial charge in [-0.2, -0.15) is 11.8 Å². The maximum atomic E-state index is 12.4. The second-order valence-electron chi connectivity index (χ2n) is 8.39. The average Bonchev–Trinajstić information content (AvgIpc) is 2.80. The molecule has 0 saturated heterocycles. The van der Waals surface area contributed by atoms with Gasteiger partial charge in [-0.15, -0.1) is 0 Å². The van der Waals surface area contributed by atoms with Crippen molar-refractivity contribution >= 4 is 28.5 Å². The number of carbonyl (C=O) groups excluding carboxylic acids is 1. The van der Waals surface area contributed by atoms with E-state index in [1.165, 1.54) is 57.1 Å². The Hall–Kier alpha value is -1.68. The lowest BCUT2D eigenvalue weighted by Crippen LogP contribution is -2.14. The highest BCUT2D eigenvalue weighted by atomic mass is 32.2. The molecule has 0 aliphatic carbocycles. The van der Waals surface area contributed by atoms with E-state index in [-0.39, 0.29) is 11.9 Å². The van der Waals surface area contributed by atoms with Crippen molar-refractivity contribution in [1.82, 2.24) is 0 Å². The zero-order valence-corrected chi connectivity index (χ0v) is 20.5. The van der Waals surface area contributed by atoms with E-state index in [9.17, 15) is 4.79 Å². The van der Waals surface area contributed by atoms with Crippen molar-refractivity contribution in [1.29, 1.82) is 0 Å². The van der Waals surface area contributed by atoms with Crippen molar-refractivity contribution in [3.05, 3.63) is 42.0 Å². The molecule has 0 radical (unpaired) electrons. The van der Waals surface area contributed by atoms with Crippen LogP contribution in [0.3, 0.4) is 0 Å². The van der Waals surface area contributed by atoms with Crippen molar-refractivity contribution < 1.29 is 14.3 Å². The number of fused-ring (bicyclic) bond motifs is 1. The molecule has 0 spiro atoms. The lowest BCUT2D eigenvalue weighted by Gasteiger charge is -2.13. The van der Waals surface area contributed by atoms with Crippen LogP contribution in [-0.4, -0.2) is 31.7 Å². The molecule has 4 heteroatoms. The molecule has 1 atom stereocenters. The minimum atomic E-state index is -0.248. The number of thioether (sulfide) groups is 1. The number of rotatable bonds is 16. The molecular formula is C27H40O3S. The van der Waals surface area contributed by atoms with Crippen LogP contribution in [0.5, 0.6) is 5.75 Å². The van der Waals surface area contributed by atoms with E-state index < -0.39 is 0 Å². The Morgan fingerprint density at radius 2 is 1.42 bits per heavy atom. The minimum absolute atomic E-state index is 0.130. The van der Waals surface area contributed by atoms with Gasteiger partial charge in [-0.1, -0.05) is 75.6 Å². The molecule has 0 N–H and O–H groups in total. The van der Waals surface area contributed by atoms with Crippen molar-refractivity contribution in [3.8, 4) is 5.75 Å². The van der Waals surface area contributed by atoms with Gasteiger partial charge in [-0.25, -0.2) is 0 Å². The second-order valence-corrected chi connectivity index (χ2v) is 9.38. The molecule has 0 saturated carbocycles. The molecule has 2 rings (SSSR count). The Bertz CT molecular complexity index is 774. The lowest BCUT2D eigenvalue weighted by atomic mass is 9.98. The first kappa shape index (κ1) is 25.6. The maximum Gasteiger partial charge on any atom is 0.313 e. The molecule has 0 aromatic heterocycles. The van der Waals surface area contributed by atoms with Crippen LogP contribution in [0, 0.1) is 0 Å². The van der Waals surface area contributed by atoms with Crippen LogP contribution >= 0.6 is 11.8 Å². The van der Waals surface area contributed by atoms with Crippen LogP contribution in [-0.2, 0) is 9.53 Å². The third-order valence-corrected chi connectivity index (χ3v) is 6.61. The van der Waals surface area contributed by atoms with Gasteiger partial charge in [0.2, 0.25) is 0 Å². The van der Waals surface area contributed by atoms with Gasteiger partial charge in [-0.3, -0.25) is 4.79 Å². The zero-order valence-electron chi connectivity index (χ0n) is 19.7. The van der Waals surface area contributed by atoms with Gasteiger partial charge in [0.1, 0.15) is 5.75 Å². The van der Waals surface area contributed by atoms with E-state index in [4.69, 9.17) is 9.47 Å². The fraction of sp³-hybridized carbons (Fsp3) is 0.593. The SMILES string of the molecule is COc1ccc2cc([C@H](C)C(=O)OCCCCCCCCCCCCSC)ccc2c1. The molecule has 0 unspecified atom stereocenters. The molecule has 2 aromatic rings. The van der Waals surface area contributed by atoms with Gasteiger partial charge in [0.25, 0.3) is 0 Å². The molecule has 31 heavy (non-hydrogen) atoms. The fourth-order valence-electron chi connectivity index (χ4n) is 3.84. The summed E-state index contributed by atoms with van der Waals surface area (Å²) >= 11 is 1.95. The normalized spacial score (nSPS) is 12.1. The molecule has 0 aliphatic heterocycles. The number of carbonyl (C=O) groups is 1. The van der Waals surface area contributed by atoms with Crippen LogP contribution < -0.4 is 4.74 Å². The smallest absolute Gasteiger partial charge is 0.313 e. The van der Waals surface area contributed by atoms with Gasteiger partial charge in [-0.05, 0) is 60.2 Å². The highest BCUT2D eigenvalue weighted by Crippen LogP contribution is 2.26. The van der Waals surface area contributed by atoms with Crippen molar-refractivity contribution in [3.63, 3.8) is 0 Å². The summed E-state index contributed by atoms with van der Waals surface area (Å²) in [7, 11) is 1.67. The Kier molecular flexibility index (Phi) is 12.5. The first-order valence-electron chi connectivity index (χ1n) is 11.9. The molecule has 0 aliphatic rings. The van der Waals surface area contributed by atoms with Gasteiger partial charge < -0.3 is 9.47 Å². The number of hydrogen-bond acceptors (Lipinski definition) is 4. The summed E-state index contributed by atoms with van der Waals surface area (Å²) in [4.78, 5) is 12.4. The summed E-state index contributed by atoms with van der Waals surface area (Å²) in [6.45, 7) is 2.46. The van der Waals surface area contributed by atoms with E-state index in [2.05, 4.69) is 12.3 Å². The Morgan fingerprint density at radius 1 is 0.839 bits per heavy atom. The lowest BCUT2D eigenvalue weighted by molar-refractivity contribution is -0.145. The number of ether oxygens (including phenoxy) is 2. The summed E-state index contributed by atoms with van der Waals surface area (Å²) in [5.41, 5.74) is 0.996. The summed E-state index contributed by atoms with van der Waals surface area (Å²) < 4.78 is 10.8. The Labute approximate surface area is 193 Å². The van der Waals surface area contributed by atoms with E-state index in [1.807, 2.05) is 49.0 Å². The number of methoxy groups -OCH3 is 1. The Balaban J connectivity index is 1.56.